The minimum Gasteiger partial charge on any atom is -1.00 e. The van der Waals surface area contributed by atoms with Gasteiger partial charge in [0.15, 0.2) is 6.04 Å². The summed E-state index contributed by atoms with van der Waals surface area (Å²) in [5, 5.41) is 19.0. The van der Waals surface area contributed by atoms with Gasteiger partial charge in [0.1, 0.15) is 0 Å². The Bertz CT molecular complexity index is 608. The minimum atomic E-state index is -1.08. The summed E-state index contributed by atoms with van der Waals surface area (Å²) >= 11 is 0. The number of fused-ring (bicyclic) bond motifs is 1. The predicted molar refractivity (Wildman–Crippen MR) is 72.1 cm³/mol. The first-order chi connectivity index (χ1) is 9.47. The Morgan fingerprint density at radius 2 is 1.86 bits per heavy atom. The number of carboxylic acid groups (broad SMARTS) is 2. The van der Waals surface area contributed by atoms with Crippen molar-refractivity contribution in [1.82, 2.24) is 4.98 Å². The van der Waals surface area contributed by atoms with Crippen molar-refractivity contribution in [3.63, 3.8) is 0 Å². The number of carbonyl (C=O) groups is 2. The van der Waals surface area contributed by atoms with Crippen LogP contribution in [0.2, 0.25) is 0 Å². The monoisotopic (exact) mass is 312 g/mol. The van der Waals surface area contributed by atoms with E-state index in [1.165, 1.54) is 0 Å². The maximum atomic E-state index is 11.2. The molecular formula is C14H17ClN2O4. The number of para-hydroxylation sites is 1. The van der Waals surface area contributed by atoms with Crippen molar-refractivity contribution in [3.8, 4) is 0 Å². The lowest BCUT2D eigenvalue weighted by Gasteiger charge is -2.12. The highest BCUT2D eigenvalue weighted by Crippen LogP contribution is 2.19. The molecule has 0 saturated heterocycles. The van der Waals surface area contributed by atoms with Crippen LogP contribution < -0.4 is 18.1 Å². The largest absolute Gasteiger partial charge is 1.00 e. The summed E-state index contributed by atoms with van der Waals surface area (Å²) in [7, 11) is 0. The summed E-state index contributed by atoms with van der Waals surface area (Å²) in [6, 6.07) is 8.63. The van der Waals surface area contributed by atoms with Crippen LogP contribution in [0.15, 0.2) is 30.3 Å². The third-order valence-electron chi connectivity index (χ3n) is 3.32. The number of rotatable bonds is 6. The Labute approximate surface area is 127 Å². The van der Waals surface area contributed by atoms with Crippen molar-refractivity contribution in [1.29, 1.82) is 0 Å². The molecule has 0 spiro atoms. The fourth-order valence-corrected chi connectivity index (χ4v) is 2.22. The van der Waals surface area contributed by atoms with E-state index in [1.54, 1.807) is 0 Å². The Morgan fingerprint density at radius 3 is 2.43 bits per heavy atom. The molecule has 0 aliphatic carbocycles. The maximum Gasteiger partial charge on any atom is 0.362 e. The van der Waals surface area contributed by atoms with Crippen molar-refractivity contribution < 1.29 is 37.9 Å². The van der Waals surface area contributed by atoms with Crippen LogP contribution in [0.25, 0.3) is 10.9 Å². The van der Waals surface area contributed by atoms with Gasteiger partial charge in [-0.2, -0.15) is 0 Å². The molecule has 0 aliphatic heterocycles. The van der Waals surface area contributed by atoms with E-state index in [1.807, 2.05) is 30.3 Å². The second-order valence-electron chi connectivity index (χ2n) is 4.89. The molecule has 0 unspecified atom stereocenters. The fourth-order valence-electron chi connectivity index (χ4n) is 2.22. The lowest BCUT2D eigenvalue weighted by molar-refractivity contribution is -0.410. The molecule has 0 aliphatic rings. The van der Waals surface area contributed by atoms with Gasteiger partial charge in [0, 0.05) is 24.1 Å². The SMILES string of the molecule is [Cl-].[NH3+][C@H](C[C@H](Cc1cc2ccccc2[nH]1)C(=O)O)C(=O)O. The van der Waals surface area contributed by atoms with Gasteiger partial charge in [0.2, 0.25) is 0 Å². The van der Waals surface area contributed by atoms with E-state index in [-0.39, 0.29) is 25.2 Å². The molecular weight excluding hydrogens is 296 g/mol. The van der Waals surface area contributed by atoms with E-state index < -0.39 is 23.9 Å². The minimum absolute atomic E-state index is 0. The van der Waals surface area contributed by atoms with Crippen LogP contribution in [0.3, 0.4) is 0 Å². The van der Waals surface area contributed by atoms with Crippen molar-refractivity contribution >= 4 is 22.8 Å². The molecule has 1 heterocycles. The van der Waals surface area contributed by atoms with Crippen LogP contribution in [0.1, 0.15) is 12.1 Å². The van der Waals surface area contributed by atoms with Gasteiger partial charge in [-0.15, -0.1) is 0 Å². The predicted octanol–water partition coefficient (Wildman–Crippen LogP) is -2.50. The van der Waals surface area contributed by atoms with Gasteiger partial charge >= 0.3 is 11.9 Å². The quantitative estimate of drug-likeness (QED) is 0.471. The van der Waals surface area contributed by atoms with Crippen LogP contribution in [-0.4, -0.2) is 33.2 Å². The number of halogens is 1. The van der Waals surface area contributed by atoms with Crippen molar-refractivity contribution in [2.75, 3.05) is 0 Å². The zero-order valence-electron chi connectivity index (χ0n) is 11.3. The smallest absolute Gasteiger partial charge is 0.362 e. The molecule has 114 valence electrons. The average molecular weight is 313 g/mol. The summed E-state index contributed by atoms with van der Waals surface area (Å²) in [5.41, 5.74) is 5.20. The maximum absolute atomic E-state index is 11.2. The van der Waals surface area contributed by atoms with Crippen LogP contribution in [0.4, 0.5) is 0 Å². The summed E-state index contributed by atoms with van der Waals surface area (Å²) in [6.45, 7) is 0. The van der Waals surface area contributed by atoms with E-state index in [9.17, 15) is 14.7 Å². The highest BCUT2D eigenvalue weighted by atomic mass is 35.5. The molecule has 0 radical (unpaired) electrons. The molecule has 0 fully saturated rings. The zero-order valence-corrected chi connectivity index (χ0v) is 12.0. The summed E-state index contributed by atoms with van der Waals surface area (Å²) in [6.07, 6.45) is 0.281. The van der Waals surface area contributed by atoms with E-state index >= 15 is 0 Å². The van der Waals surface area contributed by atoms with Crippen LogP contribution in [0, 0.1) is 5.92 Å². The lowest BCUT2D eigenvalue weighted by atomic mass is 9.95. The van der Waals surface area contributed by atoms with E-state index in [0.29, 0.717) is 0 Å². The van der Waals surface area contributed by atoms with E-state index in [4.69, 9.17) is 5.11 Å². The third-order valence-corrected chi connectivity index (χ3v) is 3.32. The number of aromatic nitrogens is 1. The van der Waals surface area contributed by atoms with E-state index in [0.717, 1.165) is 16.6 Å². The second-order valence-corrected chi connectivity index (χ2v) is 4.89. The van der Waals surface area contributed by atoms with Crippen molar-refractivity contribution in [2.45, 2.75) is 18.9 Å². The number of carboxylic acids is 2. The number of benzene rings is 1. The molecule has 1 aromatic carbocycles. The highest BCUT2D eigenvalue weighted by Gasteiger charge is 2.27. The Morgan fingerprint density at radius 1 is 1.19 bits per heavy atom. The van der Waals surface area contributed by atoms with Gasteiger partial charge in [0.05, 0.1) is 5.92 Å². The molecule has 6 N–H and O–H groups in total. The van der Waals surface area contributed by atoms with E-state index in [2.05, 4.69) is 10.7 Å². The molecule has 0 bridgehead atoms. The van der Waals surface area contributed by atoms with Crippen molar-refractivity contribution in [3.05, 3.63) is 36.0 Å². The Kier molecular flexibility index (Phi) is 5.75. The Balaban J connectivity index is 0.00000220. The molecule has 2 atom stereocenters. The molecule has 0 amide bonds. The first-order valence-electron chi connectivity index (χ1n) is 6.32. The topological polar surface area (TPSA) is 118 Å². The van der Waals surface area contributed by atoms with Gasteiger partial charge in [-0.05, 0) is 17.5 Å². The summed E-state index contributed by atoms with van der Waals surface area (Å²) in [5.74, 6) is -2.84. The number of H-pyrrole nitrogens is 1. The zero-order chi connectivity index (χ0) is 14.7. The normalized spacial score (nSPS) is 13.4. The molecule has 6 nitrogen and oxygen atoms in total. The molecule has 2 rings (SSSR count). The molecule has 1 aromatic heterocycles. The van der Waals surface area contributed by atoms with Crippen LogP contribution in [0.5, 0.6) is 0 Å². The van der Waals surface area contributed by atoms with Crippen LogP contribution >= 0.6 is 0 Å². The van der Waals surface area contributed by atoms with Crippen LogP contribution in [-0.2, 0) is 16.0 Å². The fraction of sp³-hybridized carbons (Fsp3) is 0.286. The number of nitrogens with one attached hydrogen (secondary N) is 1. The molecule has 0 saturated carbocycles. The third kappa shape index (κ3) is 4.21. The first-order valence-corrected chi connectivity index (χ1v) is 6.32. The second kappa shape index (κ2) is 7.10. The number of aliphatic carboxylic acids is 2. The van der Waals surface area contributed by atoms with Gasteiger partial charge in [-0.1, -0.05) is 18.2 Å². The van der Waals surface area contributed by atoms with Gasteiger partial charge in [-0.25, -0.2) is 4.79 Å². The first kappa shape index (κ1) is 17.0. The lowest BCUT2D eigenvalue weighted by Crippen LogP contribution is -3.00. The number of aromatic amines is 1. The number of hydrogen-bond acceptors (Lipinski definition) is 2. The number of hydrogen-bond donors (Lipinski definition) is 4. The van der Waals surface area contributed by atoms with Gasteiger partial charge in [-0.3, -0.25) is 4.79 Å². The van der Waals surface area contributed by atoms with Crippen molar-refractivity contribution in [2.24, 2.45) is 5.92 Å². The molecule has 2 aromatic rings. The van der Waals surface area contributed by atoms with Gasteiger partial charge in [0.25, 0.3) is 0 Å². The van der Waals surface area contributed by atoms with Gasteiger partial charge < -0.3 is 33.3 Å². The summed E-state index contributed by atoms with van der Waals surface area (Å²) in [4.78, 5) is 25.2. The average Bonchev–Trinajstić information content (AvgIpc) is 2.79. The summed E-state index contributed by atoms with van der Waals surface area (Å²) < 4.78 is 0. The molecule has 7 heteroatoms. The molecule has 21 heavy (non-hydrogen) atoms. The Hall–Kier alpha value is -2.05. The highest BCUT2D eigenvalue weighted by molar-refractivity contribution is 5.80. The standard InChI is InChI=1S/C14H16N2O4.ClH/c15-11(14(19)20)7-9(13(17)18)6-10-5-8-3-1-2-4-12(8)16-10;/h1-5,9,11,16H,6-7,15H2,(H,17,18)(H,19,20);1H/t9-,11+;/m0./s1. The number of quaternary nitrogens is 1.